The molecule has 1 aliphatic rings. The lowest BCUT2D eigenvalue weighted by molar-refractivity contribution is -0.148. The van der Waals surface area contributed by atoms with Crippen LogP contribution in [0, 0.1) is 5.41 Å². The predicted molar refractivity (Wildman–Crippen MR) is 96.8 cm³/mol. The molecule has 1 saturated heterocycles. The van der Waals surface area contributed by atoms with Crippen molar-refractivity contribution in [3.63, 3.8) is 0 Å². The lowest BCUT2D eigenvalue weighted by Gasteiger charge is -2.35. The first-order valence-corrected chi connectivity index (χ1v) is 8.83. The maximum atomic E-state index is 12.9. The highest BCUT2D eigenvalue weighted by atomic mass is 16.4. The molecule has 0 saturated carbocycles. The zero-order valence-corrected chi connectivity index (χ0v) is 15.5. The molecule has 1 fully saturated rings. The third-order valence-corrected chi connectivity index (χ3v) is 4.24. The molecule has 11 nitrogen and oxygen atoms in total. The molecule has 27 heavy (non-hydrogen) atoms. The molecular weight excluding hydrogens is 356 g/mol. The first-order chi connectivity index (χ1) is 12.7. The molecule has 0 unspecified atom stereocenters. The van der Waals surface area contributed by atoms with E-state index in [2.05, 4.69) is 10.6 Å². The SMILES string of the molecule is CN1C(=O)CCCN(CC(=O)NCCC(=O)O)C(=O)[C@@H]1CCCNC(=N)N. The molecule has 1 aliphatic heterocycles. The quantitative estimate of drug-likeness (QED) is 0.179. The summed E-state index contributed by atoms with van der Waals surface area (Å²) in [6.07, 6.45) is 1.44. The summed E-state index contributed by atoms with van der Waals surface area (Å²) in [4.78, 5) is 50.3. The van der Waals surface area contributed by atoms with Crippen molar-refractivity contribution in [1.82, 2.24) is 20.4 Å². The van der Waals surface area contributed by atoms with E-state index in [1.807, 2.05) is 0 Å². The second-order valence-corrected chi connectivity index (χ2v) is 6.36. The van der Waals surface area contributed by atoms with E-state index < -0.39 is 17.9 Å². The van der Waals surface area contributed by atoms with E-state index in [0.717, 1.165) is 0 Å². The van der Waals surface area contributed by atoms with Crippen LogP contribution in [0.15, 0.2) is 0 Å². The minimum absolute atomic E-state index is 0.00523. The number of amides is 3. The Morgan fingerprint density at radius 3 is 2.63 bits per heavy atom. The second kappa shape index (κ2) is 11.0. The van der Waals surface area contributed by atoms with Crippen molar-refractivity contribution in [1.29, 1.82) is 5.41 Å². The van der Waals surface area contributed by atoms with Crippen molar-refractivity contribution in [3.05, 3.63) is 0 Å². The van der Waals surface area contributed by atoms with Gasteiger partial charge in [-0.25, -0.2) is 0 Å². The molecule has 0 aromatic rings. The van der Waals surface area contributed by atoms with Crippen LogP contribution in [0.3, 0.4) is 0 Å². The zero-order valence-electron chi connectivity index (χ0n) is 15.5. The van der Waals surface area contributed by atoms with Gasteiger partial charge in [-0.15, -0.1) is 0 Å². The number of carbonyl (C=O) groups is 4. The molecule has 0 radical (unpaired) electrons. The number of aliphatic carboxylic acids is 1. The highest BCUT2D eigenvalue weighted by Gasteiger charge is 2.32. The molecule has 1 rings (SSSR count). The van der Waals surface area contributed by atoms with Crippen molar-refractivity contribution in [3.8, 4) is 0 Å². The van der Waals surface area contributed by atoms with Gasteiger partial charge in [0, 0.05) is 33.1 Å². The monoisotopic (exact) mass is 384 g/mol. The topological polar surface area (TPSA) is 169 Å². The molecule has 0 aromatic carbocycles. The van der Waals surface area contributed by atoms with Gasteiger partial charge in [0.2, 0.25) is 17.7 Å². The molecular formula is C16H28N6O5. The van der Waals surface area contributed by atoms with Gasteiger partial charge in [-0.1, -0.05) is 0 Å². The maximum absolute atomic E-state index is 12.9. The van der Waals surface area contributed by atoms with Gasteiger partial charge in [0.15, 0.2) is 5.96 Å². The fourth-order valence-electron chi connectivity index (χ4n) is 2.79. The van der Waals surface area contributed by atoms with E-state index in [1.165, 1.54) is 9.80 Å². The summed E-state index contributed by atoms with van der Waals surface area (Å²) < 4.78 is 0. The number of guanidine groups is 1. The van der Waals surface area contributed by atoms with E-state index in [9.17, 15) is 19.2 Å². The molecule has 1 atom stereocenters. The van der Waals surface area contributed by atoms with E-state index in [0.29, 0.717) is 25.8 Å². The Balaban J connectivity index is 2.69. The Labute approximate surface area is 157 Å². The minimum Gasteiger partial charge on any atom is -0.481 e. The van der Waals surface area contributed by atoms with Crippen molar-refractivity contribution < 1.29 is 24.3 Å². The molecule has 0 aromatic heterocycles. The zero-order chi connectivity index (χ0) is 20.4. The molecule has 0 spiro atoms. The first kappa shape index (κ1) is 22.2. The third-order valence-electron chi connectivity index (χ3n) is 4.24. The van der Waals surface area contributed by atoms with Crippen LogP contribution in [0.5, 0.6) is 0 Å². The number of nitrogens with two attached hydrogens (primary N) is 1. The van der Waals surface area contributed by atoms with Crippen molar-refractivity contribution in [2.24, 2.45) is 5.73 Å². The summed E-state index contributed by atoms with van der Waals surface area (Å²) in [7, 11) is 1.57. The van der Waals surface area contributed by atoms with Gasteiger partial charge < -0.3 is 31.3 Å². The summed E-state index contributed by atoms with van der Waals surface area (Å²) in [5, 5.41) is 20.9. The Kier molecular flexibility index (Phi) is 9.03. The molecule has 11 heteroatoms. The van der Waals surface area contributed by atoms with Crippen molar-refractivity contribution in [2.45, 2.75) is 38.1 Å². The number of rotatable bonds is 9. The van der Waals surface area contributed by atoms with Gasteiger partial charge in [0.1, 0.15) is 6.04 Å². The number of carboxylic acids is 1. The van der Waals surface area contributed by atoms with Crippen LogP contribution >= 0.6 is 0 Å². The van der Waals surface area contributed by atoms with Crippen LogP contribution in [0.25, 0.3) is 0 Å². The number of hydrogen-bond donors (Lipinski definition) is 5. The van der Waals surface area contributed by atoms with Crippen molar-refractivity contribution in [2.75, 3.05) is 33.2 Å². The van der Waals surface area contributed by atoms with Crippen LogP contribution in [-0.4, -0.2) is 83.8 Å². The number of carbonyl (C=O) groups excluding carboxylic acids is 3. The Morgan fingerprint density at radius 1 is 1.30 bits per heavy atom. The molecule has 0 aliphatic carbocycles. The number of carboxylic acid groups (broad SMARTS) is 1. The maximum Gasteiger partial charge on any atom is 0.305 e. The Bertz CT molecular complexity index is 582. The molecule has 6 N–H and O–H groups in total. The van der Waals surface area contributed by atoms with Crippen LogP contribution in [0.4, 0.5) is 0 Å². The second-order valence-electron chi connectivity index (χ2n) is 6.36. The number of nitrogens with one attached hydrogen (secondary N) is 3. The number of hydrogen-bond acceptors (Lipinski definition) is 5. The van der Waals surface area contributed by atoms with E-state index >= 15 is 0 Å². The van der Waals surface area contributed by atoms with Crippen LogP contribution in [0.1, 0.15) is 32.1 Å². The highest BCUT2D eigenvalue weighted by Crippen LogP contribution is 2.15. The smallest absolute Gasteiger partial charge is 0.305 e. The minimum atomic E-state index is -1.02. The average molecular weight is 384 g/mol. The molecule has 3 amide bonds. The van der Waals surface area contributed by atoms with Gasteiger partial charge in [-0.2, -0.15) is 0 Å². The fraction of sp³-hybridized carbons (Fsp3) is 0.688. The summed E-state index contributed by atoms with van der Waals surface area (Å²) in [6, 6.07) is -0.696. The van der Waals surface area contributed by atoms with Gasteiger partial charge >= 0.3 is 5.97 Å². The van der Waals surface area contributed by atoms with Gasteiger partial charge in [0.05, 0.1) is 13.0 Å². The van der Waals surface area contributed by atoms with Gasteiger partial charge in [0.25, 0.3) is 0 Å². The van der Waals surface area contributed by atoms with Crippen LogP contribution in [0.2, 0.25) is 0 Å². The Morgan fingerprint density at radius 2 is 2.00 bits per heavy atom. The third kappa shape index (κ3) is 7.92. The van der Waals surface area contributed by atoms with Crippen LogP contribution < -0.4 is 16.4 Å². The normalized spacial score (nSPS) is 17.9. The molecule has 1 heterocycles. The summed E-state index contributed by atoms with van der Waals surface area (Å²) >= 11 is 0. The summed E-state index contributed by atoms with van der Waals surface area (Å²) in [5.41, 5.74) is 5.22. The van der Waals surface area contributed by atoms with Crippen molar-refractivity contribution >= 4 is 29.7 Å². The fourth-order valence-corrected chi connectivity index (χ4v) is 2.79. The largest absolute Gasteiger partial charge is 0.481 e. The van der Waals surface area contributed by atoms with E-state index in [1.54, 1.807) is 7.05 Å². The standard InChI is InChI=1S/C16H28N6O5/c1-21-11(4-2-7-20-16(17)18)15(27)22(9-3-5-13(21)24)10-12(23)19-8-6-14(25)26/h11H,2-10H2,1H3,(H,19,23)(H,25,26)(H4,17,18,20)/t11-/m0/s1. The number of likely N-dealkylation sites (N-methyl/N-ethyl adjacent to an activating group) is 1. The van der Waals surface area contributed by atoms with Gasteiger partial charge in [-0.05, 0) is 19.3 Å². The van der Waals surface area contributed by atoms with E-state index in [4.69, 9.17) is 16.2 Å². The molecule has 152 valence electrons. The number of nitrogens with zero attached hydrogens (tertiary/aromatic N) is 2. The lowest BCUT2D eigenvalue weighted by atomic mass is 10.0. The lowest BCUT2D eigenvalue weighted by Crippen LogP contribution is -2.53. The first-order valence-electron chi connectivity index (χ1n) is 8.83. The highest BCUT2D eigenvalue weighted by molar-refractivity contribution is 5.91. The predicted octanol–water partition coefficient (Wildman–Crippen LogP) is -1.71. The average Bonchev–Trinajstić information content (AvgIpc) is 2.58. The van der Waals surface area contributed by atoms with E-state index in [-0.39, 0.29) is 50.2 Å². The summed E-state index contributed by atoms with van der Waals surface area (Å²) in [5.74, 6) is -2.06. The summed E-state index contributed by atoms with van der Waals surface area (Å²) in [6.45, 7) is 0.501. The van der Waals surface area contributed by atoms with Crippen LogP contribution in [-0.2, 0) is 19.2 Å². The Hall–Kier alpha value is -2.85. The molecule has 0 bridgehead atoms. The van der Waals surface area contributed by atoms with Gasteiger partial charge in [-0.3, -0.25) is 24.6 Å².